The van der Waals surface area contributed by atoms with Gasteiger partial charge in [-0.3, -0.25) is 0 Å². The van der Waals surface area contributed by atoms with Crippen molar-refractivity contribution in [2.45, 2.75) is 19.1 Å². The van der Waals surface area contributed by atoms with Gasteiger partial charge in [-0.25, -0.2) is 0 Å². The predicted octanol–water partition coefficient (Wildman–Crippen LogP) is -0.0859. The summed E-state index contributed by atoms with van der Waals surface area (Å²) >= 11 is 0. The molecule has 0 aliphatic heterocycles. The van der Waals surface area contributed by atoms with Crippen molar-refractivity contribution in [3.05, 3.63) is 12.7 Å². The maximum atomic E-state index is 8.57. The number of hydrogen-bond acceptors (Lipinski definition) is 2. The van der Waals surface area contributed by atoms with E-state index in [0.717, 1.165) is 0 Å². The van der Waals surface area contributed by atoms with E-state index < -0.39 is 12.2 Å². The normalized spacial score (nSPS) is 18.1. The third-order valence-electron chi connectivity index (χ3n) is 0.736. The van der Waals surface area contributed by atoms with E-state index in [9.17, 15) is 0 Å². The first-order chi connectivity index (χ1) is 3.18. The monoisotopic (exact) mass is 102 g/mol. The van der Waals surface area contributed by atoms with Crippen LogP contribution in [-0.4, -0.2) is 22.4 Å². The Morgan fingerprint density at radius 1 is 1.57 bits per heavy atom. The van der Waals surface area contributed by atoms with Crippen LogP contribution in [0.4, 0.5) is 0 Å². The van der Waals surface area contributed by atoms with Crippen molar-refractivity contribution in [1.82, 2.24) is 0 Å². The van der Waals surface area contributed by atoms with E-state index in [1.165, 1.54) is 13.0 Å². The second kappa shape index (κ2) is 2.77. The molecule has 0 aromatic heterocycles. The van der Waals surface area contributed by atoms with Gasteiger partial charge in [-0.15, -0.1) is 6.58 Å². The van der Waals surface area contributed by atoms with Crippen molar-refractivity contribution in [1.29, 1.82) is 0 Å². The van der Waals surface area contributed by atoms with Gasteiger partial charge in [0.05, 0.1) is 12.2 Å². The zero-order valence-corrected chi connectivity index (χ0v) is 4.33. The van der Waals surface area contributed by atoms with Crippen LogP contribution >= 0.6 is 0 Å². The van der Waals surface area contributed by atoms with Crippen LogP contribution in [0.15, 0.2) is 12.7 Å². The first-order valence-electron chi connectivity index (χ1n) is 2.17. The first-order valence-corrected chi connectivity index (χ1v) is 2.17. The molecule has 0 spiro atoms. The molecule has 0 fully saturated rings. The van der Waals surface area contributed by atoms with Crippen LogP contribution in [0.1, 0.15) is 6.92 Å². The second-order valence-corrected chi connectivity index (χ2v) is 1.47. The van der Waals surface area contributed by atoms with Gasteiger partial charge in [-0.2, -0.15) is 0 Å². The Morgan fingerprint density at radius 2 is 2.00 bits per heavy atom. The average Bonchev–Trinajstić information content (AvgIpc) is 1.65. The molecule has 2 heteroatoms. The van der Waals surface area contributed by atoms with Gasteiger partial charge < -0.3 is 10.2 Å². The van der Waals surface area contributed by atoms with Crippen LogP contribution in [0.2, 0.25) is 0 Å². The molecule has 0 saturated heterocycles. The molecule has 0 rings (SSSR count). The third kappa shape index (κ3) is 2.37. The van der Waals surface area contributed by atoms with Crippen molar-refractivity contribution in [2.75, 3.05) is 0 Å². The molecule has 42 valence electrons. The Balaban J connectivity index is 3.33. The molecule has 2 N–H and O–H groups in total. The molecule has 0 saturated carbocycles. The quantitative estimate of drug-likeness (QED) is 0.478. The van der Waals surface area contributed by atoms with Gasteiger partial charge in [-0.05, 0) is 6.92 Å². The van der Waals surface area contributed by atoms with Gasteiger partial charge in [0.15, 0.2) is 0 Å². The predicted molar refractivity (Wildman–Crippen MR) is 27.9 cm³/mol. The first kappa shape index (κ1) is 6.66. The van der Waals surface area contributed by atoms with Crippen LogP contribution in [0, 0.1) is 0 Å². The van der Waals surface area contributed by atoms with Gasteiger partial charge in [0.1, 0.15) is 0 Å². The summed E-state index contributed by atoms with van der Waals surface area (Å²) in [5.74, 6) is 0. The largest absolute Gasteiger partial charge is 0.390 e. The van der Waals surface area contributed by atoms with Crippen LogP contribution in [0.25, 0.3) is 0 Å². The SMILES string of the molecule is C=CC(O)[C@H](C)O. The molecule has 0 radical (unpaired) electrons. The highest BCUT2D eigenvalue weighted by molar-refractivity contribution is 4.81. The summed E-state index contributed by atoms with van der Waals surface area (Å²) < 4.78 is 0. The maximum Gasteiger partial charge on any atom is 0.0974 e. The molecule has 0 aromatic carbocycles. The smallest absolute Gasteiger partial charge is 0.0974 e. The van der Waals surface area contributed by atoms with E-state index >= 15 is 0 Å². The lowest BCUT2D eigenvalue weighted by Crippen LogP contribution is -2.18. The minimum Gasteiger partial charge on any atom is -0.390 e. The van der Waals surface area contributed by atoms with Crippen LogP contribution in [0.3, 0.4) is 0 Å². The van der Waals surface area contributed by atoms with E-state index in [1.807, 2.05) is 0 Å². The number of aliphatic hydroxyl groups is 2. The lowest BCUT2D eigenvalue weighted by molar-refractivity contribution is 0.0621. The molecular formula is C5H10O2. The molecule has 0 bridgehead atoms. The van der Waals surface area contributed by atoms with E-state index in [0.29, 0.717) is 0 Å². The van der Waals surface area contributed by atoms with E-state index in [1.54, 1.807) is 0 Å². The number of rotatable bonds is 2. The summed E-state index contributed by atoms with van der Waals surface area (Å²) in [6.07, 6.45) is -0.178. The maximum absolute atomic E-state index is 8.57. The topological polar surface area (TPSA) is 40.5 Å². The Kier molecular flexibility index (Phi) is 2.64. The highest BCUT2D eigenvalue weighted by Gasteiger charge is 2.02. The molecule has 1 unspecified atom stereocenters. The molecule has 2 atom stereocenters. The second-order valence-electron chi connectivity index (χ2n) is 1.47. The van der Waals surface area contributed by atoms with Crippen molar-refractivity contribution in [2.24, 2.45) is 0 Å². The fourth-order valence-electron chi connectivity index (χ4n) is 0.197. The Labute approximate surface area is 43.1 Å². The zero-order valence-electron chi connectivity index (χ0n) is 4.33. The summed E-state index contributed by atoms with van der Waals surface area (Å²) in [4.78, 5) is 0. The van der Waals surface area contributed by atoms with Gasteiger partial charge in [0, 0.05) is 0 Å². The summed E-state index contributed by atoms with van der Waals surface area (Å²) in [5, 5.41) is 17.1. The fourth-order valence-corrected chi connectivity index (χ4v) is 0.197. The van der Waals surface area contributed by atoms with Crippen LogP contribution in [-0.2, 0) is 0 Å². The van der Waals surface area contributed by atoms with Crippen molar-refractivity contribution >= 4 is 0 Å². The third-order valence-corrected chi connectivity index (χ3v) is 0.736. The Bertz CT molecular complexity index is 59.1. The minimum absolute atomic E-state index is 0.697. The highest BCUT2D eigenvalue weighted by atomic mass is 16.3. The van der Waals surface area contributed by atoms with Gasteiger partial charge in [0.25, 0.3) is 0 Å². The van der Waals surface area contributed by atoms with Crippen LogP contribution < -0.4 is 0 Å². The van der Waals surface area contributed by atoms with Crippen molar-refractivity contribution in [3.8, 4) is 0 Å². The zero-order chi connectivity index (χ0) is 5.86. The molecule has 2 nitrogen and oxygen atoms in total. The van der Waals surface area contributed by atoms with E-state index in [2.05, 4.69) is 6.58 Å². The fraction of sp³-hybridized carbons (Fsp3) is 0.600. The molecule has 0 aliphatic rings. The van der Waals surface area contributed by atoms with Crippen molar-refractivity contribution in [3.63, 3.8) is 0 Å². The number of hydrogen-bond donors (Lipinski definition) is 2. The number of aliphatic hydroxyl groups excluding tert-OH is 2. The Morgan fingerprint density at radius 3 is 2.00 bits per heavy atom. The lowest BCUT2D eigenvalue weighted by Gasteiger charge is -2.05. The summed E-state index contributed by atoms with van der Waals surface area (Å²) in [6, 6.07) is 0. The minimum atomic E-state index is -0.778. The molecule has 0 aromatic rings. The molecule has 0 aliphatic carbocycles. The molecule has 7 heavy (non-hydrogen) atoms. The molecular weight excluding hydrogens is 92.1 g/mol. The standard InChI is InChI=1S/C5H10O2/c1-3-5(7)4(2)6/h3-7H,1H2,2H3/t4-,5?/m0/s1. The van der Waals surface area contributed by atoms with E-state index in [-0.39, 0.29) is 0 Å². The average molecular weight is 102 g/mol. The van der Waals surface area contributed by atoms with Crippen LogP contribution in [0.5, 0.6) is 0 Å². The molecule has 0 heterocycles. The Hall–Kier alpha value is -0.340. The highest BCUT2D eigenvalue weighted by Crippen LogP contribution is 1.89. The summed E-state index contributed by atoms with van der Waals surface area (Å²) in [6.45, 7) is 4.78. The molecule has 0 amide bonds. The van der Waals surface area contributed by atoms with Gasteiger partial charge >= 0.3 is 0 Å². The lowest BCUT2D eigenvalue weighted by atomic mass is 10.2. The van der Waals surface area contributed by atoms with Gasteiger partial charge in [-0.1, -0.05) is 6.08 Å². The summed E-state index contributed by atoms with van der Waals surface area (Å²) in [5.41, 5.74) is 0. The van der Waals surface area contributed by atoms with Crippen molar-refractivity contribution < 1.29 is 10.2 Å². The van der Waals surface area contributed by atoms with E-state index in [4.69, 9.17) is 10.2 Å². The van der Waals surface area contributed by atoms with Gasteiger partial charge in [0.2, 0.25) is 0 Å². The summed E-state index contributed by atoms with van der Waals surface area (Å²) in [7, 11) is 0.